The van der Waals surface area contributed by atoms with Gasteiger partial charge in [0.1, 0.15) is 6.29 Å². The van der Waals surface area contributed by atoms with Crippen molar-refractivity contribution in [1.82, 2.24) is 4.90 Å². The summed E-state index contributed by atoms with van der Waals surface area (Å²) in [5.41, 5.74) is 2.50. The monoisotopic (exact) mass is 219 g/mol. The van der Waals surface area contributed by atoms with Crippen molar-refractivity contribution in [3.05, 3.63) is 35.4 Å². The molecule has 0 radical (unpaired) electrons. The fraction of sp³-hybridized carbons (Fsp3) is 0.500. The first-order valence-corrected chi connectivity index (χ1v) is 5.58. The fourth-order valence-electron chi connectivity index (χ4n) is 1.68. The van der Waals surface area contributed by atoms with E-state index in [-0.39, 0.29) is 11.5 Å². The Kier molecular flexibility index (Phi) is 3.87. The molecule has 0 saturated carbocycles. The Morgan fingerprint density at radius 1 is 1.12 bits per heavy atom. The molecule has 1 aromatic carbocycles. The first-order valence-electron chi connectivity index (χ1n) is 5.58. The third-order valence-corrected chi connectivity index (χ3v) is 2.80. The number of rotatable bonds is 3. The van der Waals surface area contributed by atoms with E-state index < -0.39 is 0 Å². The summed E-state index contributed by atoms with van der Waals surface area (Å²) in [4.78, 5) is 12.9. The lowest BCUT2D eigenvalue weighted by atomic mass is 9.86. The van der Waals surface area contributed by atoms with Gasteiger partial charge < -0.3 is 4.79 Å². The van der Waals surface area contributed by atoms with E-state index >= 15 is 0 Å². The molecular formula is C14H21NO. The van der Waals surface area contributed by atoms with Crippen molar-refractivity contribution >= 4 is 6.29 Å². The summed E-state index contributed by atoms with van der Waals surface area (Å²) in [6.45, 7) is 6.56. The van der Waals surface area contributed by atoms with Crippen molar-refractivity contribution < 1.29 is 4.79 Å². The van der Waals surface area contributed by atoms with Gasteiger partial charge in [-0.05, 0) is 30.6 Å². The van der Waals surface area contributed by atoms with Crippen LogP contribution in [-0.4, -0.2) is 25.3 Å². The van der Waals surface area contributed by atoms with Crippen molar-refractivity contribution in [1.29, 1.82) is 0 Å². The van der Waals surface area contributed by atoms with Crippen molar-refractivity contribution in [3.63, 3.8) is 0 Å². The molecule has 0 amide bonds. The number of nitrogens with zero attached hydrogens (tertiary/aromatic N) is 1. The van der Waals surface area contributed by atoms with Crippen LogP contribution >= 0.6 is 0 Å². The van der Waals surface area contributed by atoms with Crippen LogP contribution in [0.15, 0.2) is 24.3 Å². The van der Waals surface area contributed by atoms with Crippen LogP contribution < -0.4 is 0 Å². The van der Waals surface area contributed by atoms with Gasteiger partial charge in [-0.25, -0.2) is 0 Å². The number of likely N-dealkylation sites (N-methyl/N-ethyl adjacent to an activating group) is 1. The number of benzene rings is 1. The first kappa shape index (κ1) is 12.9. The molecule has 1 aromatic rings. The van der Waals surface area contributed by atoms with Crippen LogP contribution in [0, 0.1) is 0 Å². The molecule has 0 aliphatic rings. The van der Waals surface area contributed by atoms with Gasteiger partial charge in [0, 0.05) is 0 Å². The molecule has 1 rings (SSSR count). The first-order chi connectivity index (χ1) is 7.36. The standard InChI is InChI=1S/C14H21NO/c1-14(2,3)12-8-6-11(7-9-12)13(10-16)15(4)5/h6-10,13H,1-5H3. The summed E-state index contributed by atoms with van der Waals surface area (Å²) in [5, 5.41) is 0. The summed E-state index contributed by atoms with van der Waals surface area (Å²) in [6.07, 6.45) is 0.978. The number of hydrogen-bond donors (Lipinski definition) is 0. The van der Waals surface area contributed by atoms with E-state index in [2.05, 4.69) is 32.9 Å². The Morgan fingerprint density at radius 3 is 1.94 bits per heavy atom. The molecule has 2 nitrogen and oxygen atoms in total. The average Bonchev–Trinajstić information content (AvgIpc) is 2.17. The second-order valence-electron chi connectivity index (χ2n) is 5.42. The van der Waals surface area contributed by atoms with Crippen LogP contribution in [-0.2, 0) is 10.2 Å². The predicted molar refractivity (Wildman–Crippen MR) is 67.6 cm³/mol. The van der Waals surface area contributed by atoms with Gasteiger partial charge >= 0.3 is 0 Å². The molecule has 1 unspecified atom stereocenters. The number of aldehydes is 1. The molecular weight excluding hydrogens is 198 g/mol. The van der Waals surface area contributed by atoms with E-state index in [0.29, 0.717) is 0 Å². The third-order valence-electron chi connectivity index (χ3n) is 2.80. The van der Waals surface area contributed by atoms with Crippen molar-refractivity contribution in [2.45, 2.75) is 32.2 Å². The Bertz CT molecular complexity index is 346. The fourth-order valence-corrected chi connectivity index (χ4v) is 1.68. The van der Waals surface area contributed by atoms with Gasteiger partial charge in [-0.3, -0.25) is 4.90 Å². The van der Waals surface area contributed by atoms with E-state index in [1.807, 2.05) is 31.1 Å². The molecule has 0 aliphatic heterocycles. The summed E-state index contributed by atoms with van der Waals surface area (Å²) < 4.78 is 0. The summed E-state index contributed by atoms with van der Waals surface area (Å²) in [6, 6.07) is 8.15. The SMILES string of the molecule is CN(C)C(C=O)c1ccc(C(C)(C)C)cc1. The highest BCUT2D eigenvalue weighted by atomic mass is 16.1. The molecule has 0 aromatic heterocycles. The molecule has 0 fully saturated rings. The second-order valence-corrected chi connectivity index (χ2v) is 5.42. The van der Waals surface area contributed by atoms with E-state index in [0.717, 1.165) is 11.8 Å². The molecule has 2 heteroatoms. The van der Waals surface area contributed by atoms with E-state index in [1.54, 1.807) is 0 Å². The van der Waals surface area contributed by atoms with Gasteiger partial charge in [-0.2, -0.15) is 0 Å². The molecule has 0 spiro atoms. The molecule has 0 aliphatic carbocycles. The lowest BCUT2D eigenvalue weighted by molar-refractivity contribution is -0.111. The maximum absolute atomic E-state index is 11.0. The van der Waals surface area contributed by atoms with Crippen molar-refractivity contribution in [2.75, 3.05) is 14.1 Å². The van der Waals surface area contributed by atoms with Crippen LogP contribution in [0.1, 0.15) is 37.9 Å². The maximum Gasteiger partial charge on any atom is 0.141 e. The molecule has 0 heterocycles. The average molecular weight is 219 g/mol. The van der Waals surface area contributed by atoms with Gasteiger partial charge in [0.05, 0.1) is 6.04 Å². The minimum atomic E-state index is -0.144. The smallest absolute Gasteiger partial charge is 0.141 e. The zero-order valence-electron chi connectivity index (χ0n) is 10.8. The van der Waals surface area contributed by atoms with Gasteiger partial charge in [-0.15, -0.1) is 0 Å². The van der Waals surface area contributed by atoms with Crippen LogP contribution in [0.4, 0.5) is 0 Å². The predicted octanol–water partition coefficient (Wildman–Crippen LogP) is 2.79. The zero-order chi connectivity index (χ0) is 12.3. The number of carbonyl (C=O) groups is 1. The van der Waals surface area contributed by atoms with Gasteiger partial charge in [0.15, 0.2) is 0 Å². The molecule has 88 valence electrons. The van der Waals surface area contributed by atoms with Crippen LogP contribution in [0.25, 0.3) is 0 Å². The zero-order valence-corrected chi connectivity index (χ0v) is 10.8. The van der Waals surface area contributed by atoms with E-state index in [4.69, 9.17) is 0 Å². The molecule has 0 bridgehead atoms. The molecule has 1 atom stereocenters. The van der Waals surface area contributed by atoms with E-state index in [1.165, 1.54) is 5.56 Å². The lowest BCUT2D eigenvalue weighted by Gasteiger charge is -2.22. The largest absolute Gasteiger partial charge is 0.301 e. The third kappa shape index (κ3) is 2.92. The molecule has 0 saturated heterocycles. The highest BCUT2D eigenvalue weighted by molar-refractivity contribution is 5.61. The summed E-state index contributed by atoms with van der Waals surface area (Å²) in [7, 11) is 3.83. The Labute approximate surface area is 98.3 Å². The minimum Gasteiger partial charge on any atom is -0.301 e. The van der Waals surface area contributed by atoms with Crippen molar-refractivity contribution in [2.24, 2.45) is 0 Å². The van der Waals surface area contributed by atoms with Crippen LogP contribution in [0.5, 0.6) is 0 Å². The quantitative estimate of drug-likeness (QED) is 0.729. The van der Waals surface area contributed by atoms with E-state index in [9.17, 15) is 4.79 Å². The number of hydrogen-bond acceptors (Lipinski definition) is 2. The van der Waals surface area contributed by atoms with Gasteiger partial charge in [0.25, 0.3) is 0 Å². The van der Waals surface area contributed by atoms with Crippen molar-refractivity contribution in [3.8, 4) is 0 Å². The van der Waals surface area contributed by atoms with Gasteiger partial charge in [0.2, 0.25) is 0 Å². The van der Waals surface area contributed by atoms with Gasteiger partial charge in [-0.1, -0.05) is 45.0 Å². The maximum atomic E-state index is 11.0. The summed E-state index contributed by atoms with van der Waals surface area (Å²) >= 11 is 0. The number of carbonyl (C=O) groups excluding carboxylic acids is 1. The highest BCUT2D eigenvalue weighted by Gasteiger charge is 2.16. The normalized spacial score (nSPS) is 13.9. The summed E-state index contributed by atoms with van der Waals surface area (Å²) in [5.74, 6) is 0. The van der Waals surface area contributed by atoms with Crippen LogP contribution in [0.2, 0.25) is 0 Å². The van der Waals surface area contributed by atoms with Crippen LogP contribution in [0.3, 0.4) is 0 Å². The Balaban J connectivity index is 2.98. The topological polar surface area (TPSA) is 20.3 Å². The second kappa shape index (κ2) is 4.79. The highest BCUT2D eigenvalue weighted by Crippen LogP contribution is 2.24. The molecule has 16 heavy (non-hydrogen) atoms. The minimum absolute atomic E-state index is 0.144. The lowest BCUT2D eigenvalue weighted by Crippen LogP contribution is -2.21. The molecule has 0 N–H and O–H groups in total. The Morgan fingerprint density at radius 2 is 1.62 bits per heavy atom. The Hall–Kier alpha value is -1.15.